The molecule has 3 N–H and O–H groups in total. The predicted molar refractivity (Wildman–Crippen MR) is 95.9 cm³/mol. The number of hydrogen-bond acceptors (Lipinski definition) is 3. The molecule has 1 saturated carbocycles. The topological polar surface area (TPSA) is 87.3 Å². The van der Waals surface area contributed by atoms with Gasteiger partial charge >= 0.3 is 0 Å². The van der Waals surface area contributed by atoms with Crippen LogP contribution in [-0.2, 0) is 16.1 Å². The van der Waals surface area contributed by atoms with Gasteiger partial charge in [-0.25, -0.2) is 0 Å². The Hall–Kier alpha value is -2.37. The lowest BCUT2D eigenvalue weighted by atomic mass is 9.88. The average molecular weight is 345 g/mol. The first-order valence-corrected chi connectivity index (χ1v) is 8.95. The quantitative estimate of drug-likeness (QED) is 0.658. The van der Waals surface area contributed by atoms with Gasteiger partial charge in [-0.05, 0) is 30.5 Å². The Morgan fingerprint density at radius 3 is 2.20 bits per heavy atom. The molecule has 0 spiro atoms. The highest BCUT2D eigenvalue weighted by Crippen LogP contribution is 2.23. The van der Waals surface area contributed by atoms with E-state index in [4.69, 9.17) is 0 Å². The molecule has 1 aromatic carbocycles. The number of benzene rings is 1. The molecule has 1 aliphatic carbocycles. The second-order valence-corrected chi connectivity index (χ2v) is 6.49. The van der Waals surface area contributed by atoms with Crippen molar-refractivity contribution in [2.45, 2.75) is 45.6 Å². The molecule has 1 fully saturated rings. The lowest BCUT2D eigenvalue weighted by Crippen LogP contribution is -2.33. The normalized spacial score (nSPS) is 14.6. The molecule has 0 saturated heterocycles. The van der Waals surface area contributed by atoms with E-state index in [1.807, 2.05) is 12.1 Å². The van der Waals surface area contributed by atoms with E-state index < -0.39 is 0 Å². The molecule has 3 amide bonds. The van der Waals surface area contributed by atoms with E-state index in [1.54, 1.807) is 12.1 Å². The predicted octanol–water partition coefficient (Wildman–Crippen LogP) is 1.75. The first-order valence-electron chi connectivity index (χ1n) is 8.95. The highest BCUT2D eigenvalue weighted by molar-refractivity contribution is 5.94. The summed E-state index contributed by atoms with van der Waals surface area (Å²) in [5, 5.41) is 8.36. The van der Waals surface area contributed by atoms with Crippen LogP contribution in [-0.4, -0.2) is 30.8 Å². The fourth-order valence-corrected chi connectivity index (χ4v) is 2.99. The van der Waals surface area contributed by atoms with Gasteiger partial charge in [-0.15, -0.1) is 0 Å². The minimum atomic E-state index is -0.178. The smallest absolute Gasteiger partial charge is 0.251 e. The Balaban J connectivity index is 1.74. The van der Waals surface area contributed by atoms with Gasteiger partial charge in [0.1, 0.15) is 0 Å². The van der Waals surface area contributed by atoms with Crippen molar-refractivity contribution in [2.75, 3.05) is 13.1 Å². The van der Waals surface area contributed by atoms with E-state index in [0.717, 1.165) is 31.2 Å². The van der Waals surface area contributed by atoms with Gasteiger partial charge in [-0.3, -0.25) is 14.4 Å². The number of carbonyl (C=O) groups excluding carboxylic acids is 3. The summed E-state index contributed by atoms with van der Waals surface area (Å²) in [4.78, 5) is 34.9. The van der Waals surface area contributed by atoms with Gasteiger partial charge in [0.25, 0.3) is 5.91 Å². The zero-order valence-corrected chi connectivity index (χ0v) is 14.8. The third kappa shape index (κ3) is 6.57. The summed E-state index contributed by atoms with van der Waals surface area (Å²) in [6.07, 6.45) is 5.50. The third-order valence-corrected chi connectivity index (χ3v) is 4.44. The molecular weight excluding hydrogens is 318 g/mol. The maximum absolute atomic E-state index is 12.1. The van der Waals surface area contributed by atoms with E-state index in [9.17, 15) is 14.4 Å². The van der Waals surface area contributed by atoms with E-state index in [-0.39, 0.29) is 23.6 Å². The van der Waals surface area contributed by atoms with Crippen LogP contribution in [0.4, 0.5) is 0 Å². The minimum Gasteiger partial charge on any atom is -0.355 e. The SMILES string of the molecule is CC(=O)NCCNC(=O)c1ccc(CNC(=O)C2CCCCC2)cc1. The Kier molecular flexibility index (Phi) is 7.44. The van der Waals surface area contributed by atoms with E-state index >= 15 is 0 Å². The summed E-state index contributed by atoms with van der Waals surface area (Å²) in [5.74, 6) is -0.000997. The van der Waals surface area contributed by atoms with Gasteiger partial charge in [-0.2, -0.15) is 0 Å². The molecule has 0 aromatic heterocycles. The molecule has 2 rings (SSSR count). The second-order valence-electron chi connectivity index (χ2n) is 6.49. The van der Waals surface area contributed by atoms with E-state index in [2.05, 4.69) is 16.0 Å². The van der Waals surface area contributed by atoms with Crippen molar-refractivity contribution in [1.82, 2.24) is 16.0 Å². The maximum atomic E-state index is 12.1. The molecule has 136 valence electrons. The lowest BCUT2D eigenvalue weighted by molar-refractivity contribution is -0.126. The number of amides is 3. The molecule has 25 heavy (non-hydrogen) atoms. The molecule has 0 bridgehead atoms. The second kappa shape index (κ2) is 9.81. The monoisotopic (exact) mass is 345 g/mol. The van der Waals surface area contributed by atoms with Crippen LogP contribution in [0.1, 0.15) is 54.9 Å². The minimum absolute atomic E-state index is 0.117. The molecule has 1 aromatic rings. The summed E-state index contributed by atoms with van der Waals surface area (Å²) in [5.41, 5.74) is 1.53. The fraction of sp³-hybridized carbons (Fsp3) is 0.526. The van der Waals surface area contributed by atoms with Crippen molar-refractivity contribution in [3.05, 3.63) is 35.4 Å². The van der Waals surface area contributed by atoms with Crippen molar-refractivity contribution in [3.63, 3.8) is 0 Å². The van der Waals surface area contributed by atoms with Gasteiger partial charge in [0.2, 0.25) is 11.8 Å². The molecule has 6 heteroatoms. The third-order valence-electron chi connectivity index (χ3n) is 4.44. The summed E-state index contributed by atoms with van der Waals surface area (Å²) < 4.78 is 0. The van der Waals surface area contributed by atoms with Crippen LogP contribution >= 0.6 is 0 Å². The largest absolute Gasteiger partial charge is 0.355 e. The molecule has 0 atom stereocenters. The van der Waals surface area contributed by atoms with Gasteiger partial charge in [0.15, 0.2) is 0 Å². The molecular formula is C19H27N3O3. The molecule has 0 unspecified atom stereocenters. The van der Waals surface area contributed by atoms with Crippen LogP contribution in [0.15, 0.2) is 24.3 Å². The van der Waals surface area contributed by atoms with Gasteiger partial charge in [0, 0.05) is 38.0 Å². The average Bonchev–Trinajstić information content (AvgIpc) is 2.64. The summed E-state index contributed by atoms with van der Waals surface area (Å²) in [7, 11) is 0. The number of nitrogens with one attached hydrogen (secondary N) is 3. The lowest BCUT2D eigenvalue weighted by Gasteiger charge is -2.20. The summed E-state index contributed by atoms with van der Waals surface area (Å²) in [6.45, 7) is 2.72. The standard InChI is InChI=1S/C19H27N3O3/c1-14(23)20-11-12-21-18(24)17-9-7-15(8-10-17)13-22-19(25)16-5-3-2-4-6-16/h7-10,16H,2-6,11-13H2,1H3,(H,20,23)(H,21,24)(H,22,25). The zero-order chi connectivity index (χ0) is 18.1. The Morgan fingerprint density at radius 2 is 1.56 bits per heavy atom. The van der Waals surface area contributed by atoms with Crippen LogP contribution in [0, 0.1) is 5.92 Å². The molecule has 0 aliphatic heterocycles. The fourth-order valence-electron chi connectivity index (χ4n) is 2.99. The van der Waals surface area contributed by atoms with Gasteiger partial charge in [0.05, 0.1) is 0 Å². The van der Waals surface area contributed by atoms with Crippen LogP contribution < -0.4 is 16.0 Å². The van der Waals surface area contributed by atoms with Gasteiger partial charge in [-0.1, -0.05) is 31.4 Å². The molecule has 0 radical (unpaired) electrons. The van der Waals surface area contributed by atoms with E-state index in [1.165, 1.54) is 13.3 Å². The number of carbonyl (C=O) groups is 3. The van der Waals surface area contributed by atoms with Crippen molar-refractivity contribution in [2.24, 2.45) is 5.92 Å². The maximum Gasteiger partial charge on any atom is 0.251 e. The van der Waals surface area contributed by atoms with Crippen LogP contribution in [0.3, 0.4) is 0 Å². The highest BCUT2D eigenvalue weighted by Gasteiger charge is 2.20. The van der Waals surface area contributed by atoms with Crippen LogP contribution in [0.5, 0.6) is 0 Å². The first-order chi connectivity index (χ1) is 12.1. The van der Waals surface area contributed by atoms with Crippen molar-refractivity contribution in [1.29, 1.82) is 0 Å². The van der Waals surface area contributed by atoms with Gasteiger partial charge < -0.3 is 16.0 Å². The first kappa shape index (κ1) is 19.0. The summed E-state index contributed by atoms with van der Waals surface area (Å²) >= 11 is 0. The Morgan fingerprint density at radius 1 is 0.920 bits per heavy atom. The Bertz CT molecular complexity index is 592. The Labute approximate surface area is 148 Å². The highest BCUT2D eigenvalue weighted by atomic mass is 16.2. The van der Waals surface area contributed by atoms with Crippen LogP contribution in [0.25, 0.3) is 0 Å². The molecule has 1 aliphatic rings. The number of hydrogen-bond donors (Lipinski definition) is 3. The molecule has 6 nitrogen and oxygen atoms in total. The van der Waals surface area contributed by atoms with Crippen LogP contribution in [0.2, 0.25) is 0 Å². The number of rotatable bonds is 7. The van der Waals surface area contributed by atoms with E-state index in [0.29, 0.717) is 25.2 Å². The zero-order valence-electron chi connectivity index (χ0n) is 14.8. The molecule has 0 heterocycles. The van der Waals surface area contributed by atoms with Crippen molar-refractivity contribution < 1.29 is 14.4 Å². The summed E-state index contributed by atoms with van der Waals surface area (Å²) in [6, 6.07) is 7.19. The van der Waals surface area contributed by atoms with Crippen molar-refractivity contribution in [3.8, 4) is 0 Å². The van der Waals surface area contributed by atoms with Crippen molar-refractivity contribution >= 4 is 17.7 Å².